The maximum atomic E-state index is 12.5. The number of carbonyl (C=O) groups excluding carboxylic acids is 1. The number of carbonyl (C=O) groups is 1. The van der Waals surface area contributed by atoms with Crippen molar-refractivity contribution in [2.75, 3.05) is 0 Å². The first-order chi connectivity index (χ1) is 14.4. The standard InChI is InChI=1S/C24H30O6/c1-22-8-7-16-17(4-3-14-10-15(26)6-9-23(14,16)12-25)24(22)21(30-24)20(28)19(22)13-2-5-18(27)29-11-13/h2,5,11-12,14-17,19-21,26,28H,3-4,6-10H2,1H3/t14-,15+,16?,17?,19+,20-,21-,22-,23-,24-/m1/s1. The number of aldehydes is 1. The van der Waals surface area contributed by atoms with Crippen LogP contribution in [0.25, 0.3) is 0 Å². The molecule has 5 fully saturated rings. The Labute approximate surface area is 175 Å². The third-order valence-corrected chi connectivity index (χ3v) is 9.97. The lowest BCUT2D eigenvalue weighted by Crippen LogP contribution is -2.59. The maximum absolute atomic E-state index is 12.5. The molecule has 2 N–H and O–H groups in total. The number of hydrogen-bond donors (Lipinski definition) is 2. The maximum Gasteiger partial charge on any atom is 0.335 e. The van der Waals surface area contributed by atoms with Gasteiger partial charge in [-0.15, -0.1) is 0 Å². The Bertz CT molecular complexity index is 921. The smallest absolute Gasteiger partial charge is 0.335 e. The summed E-state index contributed by atoms with van der Waals surface area (Å²) in [6.45, 7) is 2.22. The highest BCUT2D eigenvalue weighted by atomic mass is 16.6. The molecule has 1 saturated heterocycles. The first-order valence-corrected chi connectivity index (χ1v) is 11.5. The van der Waals surface area contributed by atoms with Gasteiger partial charge >= 0.3 is 5.63 Å². The molecule has 162 valence electrons. The van der Waals surface area contributed by atoms with Gasteiger partial charge < -0.3 is 24.2 Å². The van der Waals surface area contributed by atoms with Crippen molar-refractivity contribution in [1.29, 1.82) is 0 Å². The van der Waals surface area contributed by atoms with Crippen molar-refractivity contribution in [2.45, 2.75) is 81.7 Å². The molecule has 1 aliphatic heterocycles. The van der Waals surface area contributed by atoms with Gasteiger partial charge in [-0.2, -0.15) is 0 Å². The minimum absolute atomic E-state index is 0.139. The Hall–Kier alpha value is -1.50. The highest BCUT2D eigenvalue weighted by Crippen LogP contribution is 2.77. The van der Waals surface area contributed by atoms with Crippen molar-refractivity contribution in [2.24, 2.45) is 28.6 Å². The van der Waals surface area contributed by atoms with Crippen molar-refractivity contribution >= 4 is 6.29 Å². The fourth-order valence-electron chi connectivity index (χ4n) is 8.74. The summed E-state index contributed by atoms with van der Waals surface area (Å²) in [5.74, 6) is 0.607. The van der Waals surface area contributed by atoms with Gasteiger partial charge in [-0.05, 0) is 74.3 Å². The second-order valence-electron chi connectivity index (χ2n) is 10.8. The molecule has 5 aliphatic rings. The minimum Gasteiger partial charge on any atom is -0.431 e. The molecule has 1 aromatic heterocycles. The van der Waals surface area contributed by atoms with Crippen LogP contribution in [0.3, 0.4) is 0 Å². The van der Waals surface area contributed by atoms with E-state index in [0.717, 1.165) is 44.1 Å². The normalized spacial score (nSPS) is 53.8. The Kier molecular flexibility index (Phi) is 3.87. The molecule has 0 bridgehead atoms. The average Bonchev–Trinajstić information content (AvgIpc) is 3.45. The molecule has 0 radical (unpaired) electrons. The van der Waals surface area contributed by atoms with Crippen LogP contribution in [0.5, 0.6) is 0 Å². The first-order valence-electron chi connectivity index (χ1n) is 11.5. The lowest BCUT2D eigenvalue weighted by Gasteiger charge is -2.60. The van der Waals surface area contributed by atoms with Crippen molar-refractivity contribution in [3.05, 3.63) is 34.4 Å². The van der Waals surface area contributed by atoms with Crippen molar-refractivity contribution in [3.8, 4) is 0 Å². The summed E-state index contributed by atoms with van der Waals surface area (Å²) >= 11 is 0. The second-order valence-corrected chi connectivity index (χ2v) is 10.8. The van der Waals surface area contributed by atoms with Gasteiger partial charge in [-0.25, -0.2) is 4.79 Å². The fraction of sp³-hybridized carbons (Fsp3) is 0.750. The highest BCUT2D eigenvalue weighted by molar-refractivity contribution is 5.62. The molecule has 1 spiro atoms. The number of hydrogen-bond acceptors (Lipinski definition) is 6. The quantitative estimate of drug-likeness (QED) is 0.569. The number of aliphatic hydroxyl groups excluding tert-OH is 2. The molecule has 6 rings (SSSR count). The van der Waals surface area contributed by atoms with E-state index in [0.29, 0.717) is 6.42 Å². The Morgan fingerprint density at radius 1 is 1.10 bits per heavy atom. The van der Waals surface area contributed by atoms with Crippen molar-refractivity contribution in [1.82, 2.24) is 0 Å². The Morgan fingerprint density at radius 2 is 1.93 bits per heavy atom. The lowest BCUT2D eigenvalue weighted by molar-refractivity contribution is -0.159. The highest BCUT2D eigenvalue weighted by Gasteiger charge is 2.84. The van der Waals surface area contributed by atoms with Gasteiger partial charge in [0.15, 0.2) is 0 Å². The first kappa shape index (κ1) is 19.2. The molecule has 4 saturated carbocycles. The van der Waals surface area contributed by atoms with Crippen LogP contribution in [0.1, 0.15) is 63.4 Å². The van der Waals surface area contributed by atoms with E-state index in [1.54, 1.807) is 6.07 Å². The summed E-state index contributed by atoms with van der Waals surface area (Å²) in [5.41, 5.74) is -0.562. The molecular weight excluding hydrogens is 384 g/mol. The zero-order valence-electron chi connectivity index (χ0n) is 17.3. The Morgan fingerprint density at radius 3 is 2.67 bits per heavy atom. The van der Waals surface area contributed by atoms with E-state index in [1.165, 1.54) is 18.6 Å². The van der Waals surface area contributed by atoms with Gasteiger partial charge in [0.1, 0.15) is 18.0 Å². The molecule has 10 atom stereocenters. The molecule has 6 heteroatoms. The predicted molar refractivity (Wildman–Crippen MR) is 107 cm³/mol. The molecule has 6 nitrogen and oxygen atoms in total. The Balaban J connectivity index is 1.40. The SMILES string of the molecule is C[C@]12CCC3C(CC[C@@H]4C[C@@H](O)CC[C@]34C=O)[C@]13O[C@@H]3[C@H](O)[C@@H]2c1ccc(=O)oc1. The summed E-state index contributed by atoms with van der Waals surface area (Å²) in [6.07, 6.45) is 7.47. The van der Waals surface area contributed by atoms with Crippen molar-refractivity contribution < 1.29 is 24.2 Å². The van der Waals surface area contributed by atoms with Crippen LogP contribution in [-0.4, -0.2) is 40.4 Å². The molecule has 2 heterocycles. The fourth-order valence-corrected chi connectivity index (χ4v) is 8.74. The van der Waals surface area contributed by atoms with E-state index in [1.807, 2.05) is 0 Å². The summed E-state index contributed by atoms with van der Waals surface area (Å²) in [5, 5.41) is 21.5. The van der Waals surface area contributed by atoms with E-state index in [4.69, 9.17) is 9.15 Å². The number of ether oxygens (including phenoxy) is 1. The number of rotatable bonds is 2. The van der Waals surface area contributed by atoms with Crippen LogP contribution in [0.15, 0.2) is 27.6 Å². The largest absolute Gasteiger partial charge is 0.431 e. The number of fused-ring (bicyclic) bond motifs is 3. The van der Waals surface area contributed by atoms with Gasteiger partial charge in [0.2, 0.25) is 0 Å². The molecule has 0 amide bonds. The van der Waals surface area contributed by atoms with Crippen LogP contribution >= 0.6 is 0 Å². The van der Waals surface area contributed by atoms with Gasteiger partial charge in [-0.3, -0.25) is 0 Å². The van der Waals surface area contributed by atoms with Gasteiger partial charge in [0.25, 0.3) is 0 Å². The van der Waals surface area contributed by atoms with E-state index in [-0.39, 0.29) is 52.3 Å². The van der Waals surface area contributed by atoms with E-state index in [9.17, 15) is 19.8 Å². The molecular formula is C24H30O6. The number of aliphatic hydroxyl groups is 2. The monoisotopic (exact) mass is 414 g/mol. The third kappa shape index (κ3) is 2.10. The van der Waals surface area contributed by atoms with Gasteiger partial charge in [0.05, 0.1) is 18.5 Å². The van der Waals surface area contributed by atoms with E-state index >= 15 is 0 Å². The molecule has 1 aromatic rings. The van der Waals surface area contributed by atoms with Crippen LogP contribution in [0, 0.1) is 28.6 Å². The van der Waals surface area contributed by atoms with Crippen LogP contribution in [0.4, 0.5) is 0 Å². The van der Waals surface area contributed by atoms with Gasteiger partial charge in [0, 0.05) is 22.8 Å². The van der Waals surface area contributed by atoms with Crippen LogP contribution in [0.2, 0.25) is 0 Å². The second kappa shape index (κ2) is 6.05. The summed E-state index contributed by atoms with van der Waals surface area (Å²) < 4.78 is 11.5. The van der Waals surface area contributed by atoms with Crippen LogP contribution in [-0.2, 0) is 9.53 Å². The van der Waals surface area contributed by atoms with Crippen LogP contribution < -0.4 is 5.63 Å². The lowest BCUT2D eigenvalue weighted by atomic mass is 9.44. The van der Waals surface area contributed by atoms with E-state index < -0.39 is 11.7 Å². The minimum atomic E-state index is -0.639. The summed E-state index contributed by atoms with van der Waals surface area (Å²) in [4.78, 5) is 24.0. The molecule has 0 aromatic carbocycles. The number of epoxide rings is 1. The van der Waals surface area contributed by atoms with Gasteiger partial charge in [-0.1, -0.05) is 6.92 Å². The summed E-state index contributed by atoms with van der Waals surface area (Å²) in [6, 6.07) is 3.20. The predicted octanol–water partition coefficient (Wildman–Crippen LogP) is 2.41. The third-order valence-electron chi connectivity index (χ3n) is 9.97. The topological polar surface area (TPSA) is 100 Å². The summed E-state index contributed by atoms with van der Waals surface area (Å²) in [7, 11) is 0. The average molecular weight is 414 g/mol. The van der Waals surface area contributed by atoms with Crippen molar-refractivity contribution in [3.63, 3.8) is 0 Å². The zero-order valence-corrected chi connectivity index (χ0v) is 17.3. The molecule has 30 heavy (non-hydrogen) atoms. The zero-order chi connectivity index (χ0) is 20.9. The molecule has 4 aliphatic carbocycles. The van der Waals surface area contributed by atoms with E-state index in [2.05, 4.69) is 6.92 Å². The molecule has 2 unspecified atom stereocenters.